The van der Waals surface area contributed by atoms with Crippen LogP contribution in [0.25, 0.3) is 16.6 Å². The molecule has 0 aliphatic rings. The Bertz CT molecular complexity index is 868. The number of fused-ring (bicyclic) bond motifs is 1. The van der Waals surface area contributed by atoms with E-state index in [2.05, 4.69) is 4.57 Å². The zero-order valence-corrected chi connectivity index (χ0v) is 13.7. The third-order valence-electron chi connectivity index (χ3n) is 4.20. The quantitative estimate of drug-likeness (QED) is 0.497. The first-order valence-electron chi connectivity index (χ1n) is 7.86. The van der Waals surface area contributed by atoms with Gasteiger partial charge in [0.1, 0.15) is 0 Å². The number of aromatic nitrogens is 1. The third kappa shape index (κ3) is 2.87. The summed E-state index contributed by atoms with van der Waals surface area (Å²) in [5, 5.41) is 11.9. The van der Waals surface area contributed by atoms with Gasteiger partial charge in [-0.3, -0.25) is 5.01 Å². The average Bonchev–Trinajstić information content (AvgIpc) is 2.92. The van der Waals surface area contributed by atoms with Crippen LogP contribution in [-0.4, -0.2) is 16.3 Å². The van der Waals surface area contributed by atoms with Gasteiger partial charge in [0.2, 0.25) is 0 Å². The first kappa shape index (κ1) is 16.1. The molecule has 0 amide bonds. The van der Waals surface area contributed by atoms with Gasteiger partial charge in [0.25, 0.3) is 0 Å². The van der Waals surface area contributed by atoms with Gasteiger partial charge >= 0.3 is 0 Å². The summed E-state index contributed by atoms with van der Waals surface area (Å²) < 4.78 is 2.06. The van der Waals surface area contributed by atoms with Gasteiger partial charge in [0.05, 0.1) is 11.4 Å². The summed E-state index contributed by atoms with van der Waals surface area (Å²) in [7, 11) is 2.00. The van der Waals surface area contributed by atoms with E-state index in [0.717, 1.165) is 33.4 Å². The lowest BCUT2D eigenvalue weighted by molar-refractivity contribution is 0.300. The number of benzene rings is 2. The fraction of sp³-hybridized carbons (Fsp3) is 0.158. The van der Waals surface area contributed by atoms with E-state index in [1.807, 2.05) is 61.8 Å². The lowest BCUT2D eigenvalue weighted by atomic mass is 10.1. The molecular weight excluding hydrogens is 300 g/mol. The number of aliphatic hydroxyl groups is 1. The van der Waals surface area contributed by atoms with E-state index in [9.17, 15) is 5.11 Å². The molecule has 2 aromatic carbocycles. The van der Waals surface area contributed by atoms with Crippen molar-refractivity contribution in [3.05, 3.63) is 72.1 Å². The van der Waals surface area contributed by atoms with Crippen molar-refractivity contribution in [2.75, 3.05) is 11.6 Å². The minimum Gasteiger partial charge on any atom is -0.403 e. The molecule has 0 bridgehead atoms. The van der Waals surface area contributed by atoms with Gasteiger partial charge in [-0.2, -0.15) is 0 Å². The molecule has 0 unspecified atom stereocenters. The highest BCUT2D eigenvalue weighted by molar-refractivity contribution is 5.89. The van der Waals surface area contributed by atoms with Crippen LogP contribution in [0.3, 0.4) is 0 Å². The molecule has 5 N–H and O–H groups in total. The van der Waals surface area contributed by atoms with Gasteiger partial charge in [-0.25, -0.2) is 5.84 Å². The van der Waals surface area contributed by atoms with Crippen molar-refractivity contribution in [2.45, 2.75) is 6.42 Å². The van der Waals surface area contributed by atoms with Crippen LogP contribution in [0.1, 0.15) is 11.1 Å². The maximum absolute atomic E-state index is 9.27. The minimum atomic E-state index is 0.119. The standard InChI is InChI=1S/C19H22N4O/c1-22-13-15(9-10-24)17-11-16(7-8-18(17)22)23(21)19(12-20)14-5-3-2-4-6-14/h2-8,11-13,24H,9-10,20-21H2,1H3/b19-12-. The third-order valence-corrected chi connectivity index (χ3v) is 4.20. The Hall–Kier alpha value is -2.76. The second kappa shape index (κ2) is 6.78. The number of hydrogen-bond acceptors (Lipinski definition) is 4. The molecule has 24 heavy (non-hydrogen) atoms. The summed E-state index contributed by atoms with van der Waals surface area (Å²) in [6.45, 7) is 0.119. The number of hydrogen-bond donors (Lipinski definition) is 3. The lowest BCUT2D eigenvalue weighted by Crippen LogP contribution is -2.29. The normalized spacial score (nSPS) is 11.9. The largest absolute Gasteiger partial charge is 0.403 e. The summed E-state index contributed by atoms with van der Waals surface area (Å²) in [6.07, 6.45) is 4.17. The summed E-state index contributed by atoms with van der Waals surface area (Å²) >= 11 is 0. The van der Waals surface area contributed by atoms with Crippen LogP contribution in [-0.2, 0) is 13.5 Å². The molecule has 0 fully saturated rings. The zero-order valence-electron chi connectivity index (χ0n) is 13.7. The number of nitrogens with two attached hydrogens (primary N) is 2. The molecule has 3 rings (SSSR count). The van der Waals surface area contributed by atoms with Gasteiger partial charge in [-0.1, -0.05) is 30.3 Å². The number of hydrazine groups is 1. The molecule has 0 spiro atoms. The highest BCUT2D eigenvalue weighted by Gasteiger charge is 2.13. The predicted octanol–water partition coefficient (Wildman–Crippen LogP) is 2.35. The Kier molecular flexibility index (Phi) is 4.55. The van der Waals surface area contributed by atoms with Crippen molar-refractivity contribution in [2.24, 2.45) is 18.6 Å². The molecule has 0 saturated heterocycles. The highest BCUT2D eigenvalue weighted by atomic mass is 16.2. The van der Waals surface area contributed by atoms with Gasteiger partial charge in [0.15, 0.2) is 0 Å². The summed E-state index contributed by atoms with van der Waals surface area (Å²) in [6, 6.07) is 15.8. The van der Waals surface area contributed by atoms with Crippen LogP contribution in [0.15, 0.2) is 60.9 Å². The summed E-state index contributed by atoms with van der Waals surface area (Å²) in [5.41, 5.74) is 10.5. The second-order valence-corrected chi connectivity index (χ2v) is 5.73. The van der Waals surface area contributed by atoms with E-state index in [1.165, 1.54) is 6.20 Å². The van der Waals surface area contributed by atoms with Crippen LogP contribution < -0.4 is 16.6 Å². The monoisotopic (exact) mass is 322 g/mol. The Morgan fingerprint density at radius 2 is 1.96 bits per heavy atom. The Labute approximate surface area is 141 Å². The SMILES string of the molecule is Cn1cc(CCO)c2cc(N(N)/C(=C\N)c3ccccc3)ccc21. The summed E-state index contributed by atoms with van der Waals surface area (Å²) in [5.74, 6) is 6.33. The Morgan fingerprint density at radius 1 is 1.21 bits per heavy atom. The Morgan fingerprint density at radius 3 is 2.62 bits per heavy atom. The van der Waals surface area contributed by atoms with Crippen molar-refractivity contribution < 1.29 is 5.11 Å². The molecule has 1 heterocycles. The minimum absolute atomic E-state index is 0.119. The molecule has 0 aliphatic heterocycles. The molecule has 5 nitrogen and oxygen atoms in total. The average molecular weight is 322 g/mol. The van der Waals surface area contributed by atoms with E-state index in [1.54, 1.807) is 5.01 Å². The topological polar surface area (TPSA) is 80.4 Å². The number of aryl methyl sites for hydroxylation is 1. The smallest absolute Gasteiger partial charge is 0.0801 e. The first-order chi connectivity index (χ1) is 11.7. The molecule has 0 saturated carbocycles. The fourth-order valence-electron chi connectivity index (χ4n) is 2.99. The molecule has 5 heteroatoms. The van der Waals surface area contributed by atoms with Crippen LogP contribution in [0.4, 0.5) is 5.69 Å². The van der Waals surface area contributed by atoms with Crippen molar-refractivity contribution >= 4 is 22.3 Å². The first-order valence-corrected chi connectivity index (χ1v) is 7.86. The maximum atomic E-state index is 9.27. The zero-order chi connectivity index (χ0) is 17.1. The van der Waals surface area contributed by atoms with Crippen molar-refractivity contribution in [1.82, 2.24) is 4.57 Å². The molecule has 0 atom stereocenters. The number of rotatable bonds is 5. The van der Waals surface area contributed by atoms with Crippen molar-refractivity contribution in [3.63, 3.8) is 0 Å². The second-order valence-electron chi connectivity index (χ2n) is 5.73. The van der Waals surface area contributed by atoms with Gasteiger partial charge in [0, 0.05) is 42.5 Å². The van der Waals surface area contributed by atoms with Crippen LogP contribution >= 0.6 is 0 Å². The van der Waals surface area contributed by atoms with Crippen LogP contribution in [0.2, 0.25) is 0 Å². The van der Waals surface area contributed by atoms with E-state index < -0.39 is 0 Å². The van der Waals surface area contributed by atoms with Gasteiger partial charge in [-0.15, -0.1) is 0 Å². The van der Waals surface area contributed by atoms with Gasteiger partial charge < -0.3 is 15.4 Å². The van der Waals surface area contributed by atoms with Crippen LogP contribution in [0, 0.1) is 0 Å². The number of anilines is 1. The molecule has 3 aromatic rings. The van der Waals surface area contributed by atoms with Crippen LogP contribution in [0.5, 0.6) is 0 Å². The maximum Gasteiger partial charge on any atom is 0.0801 e. The van der Waals surface area contributed by atoms with E-state index >= 15 is 0 Å². The molecule has 124 valence electrons. The van der Waals surface area contributed by atoms with E-state index in [-0.39, 0.29) is 6.61 Å². The van der Waals surface area contributed by atoms with Crippen molar-refractivity contribution in [3.8, 4) is 0 Å². The molecule has 1 aromatic heterocycles. The van der Waals surface area contributed by atoms with E-state index in [4.69, 9.17) is 11.6 Å². The molecular formula is C19H22N4O. The predicted molar refractivity (Wildman–Crippen MR) is 99.0 cm³/mol. The molecule has 0 aliphatic carbocycles. The number of nitrogens with zero attached hydrogens (tertiary/aromatic N) is 2. The highest BCUT2D eigenvalue weighted by Crippen LogP contribution is 2.29. The fourth-order valence-corrected chi connectivity index (χ4v) is 2.99. The molecule has 0 radical (unpaired) electrons. The van der Waals surface area contributed by atoms with E-state index in [0.29, 0.717) is 6.42 Å². The number of aliphatic hydroxyl groups excluding tert-OH is 1. The lowest BCUT2D eigenvalue weighted by Gasteiger charge is -2.22. The Balaban J connectivity index is 2.03. The van der Waals surface area contributed by atoms with Gasteiger partial charge in [-0.05, 0) is 30.2 Å². The summed E-state index contributed by atoms with van der Waals surface area (Å²) in [4.78, 5) is 0. The van der Waals surface area contributed by atoms with Crippen molar-refractivity contribution in [1.29, 1.82) is 0 Å².